The van der Waals surface area contributed by atoms with E-state index < -0.39 is 0 Å². The average molecular weight is 290 g/mol. The standard InChI is InChI=1S/C16H22N2OS/c19-16(12-9-10-17-11-12)18-13-5-7-15(8-6-13)20-14-3-1-2-4-14/h5-8,12,14,17H,1-4,9-11H2,(H,18,19). The van der Waals surface area contributed by atoms with Gasteiger partial charge in [-0.3, -0.25) is 4.79 Å². The fourth-order valence-electron chi connectivity index (χ4n) is 2.94. The van der Waals surface area contributed by atoms with E-state index in [1.165, 1.54) is 30.6 Å². The summed E-state index contributed by atoms with van der Waals surface area (Å²) in [7, 11) is 0. The van der Waals surface area contributed by atoms with Crippen LogP contribution in [-0.4, -0.2) is 24.2 Å². The second-order valence-corrected chi connectivity index (χ2v) is 7.10. The number of hydrogen-bond acceptors (Lipinski definition) is 3. The third-order valence-corrected chi connectivity index (χ3v) is 5.51. The van der Waals surface area contributed by atoms with E-state index in [-0.39, 0.29) is 11.8 Å². The van der Waals surface area contributed by atoms with Gasteiger partial charge in [-0.25, -0.2) is 0 Å². The van der Waals surface area contributed by atoms with E-state index in [0.29, 0.717) is 0 Å². The van der Waals surface area contributed by atoms with Crippen molar-refractivity contribution in [2.24, 2.45) is 5.92 Å². The van der Waals surface area contributed by atoms with Crippen molar-refractivity contribution in [3.63, 3.8) is 0 Å². The molecule has 0 bridgehead atoms. The highest BCUT2D eigenvalue weighted by Gasteiger charge is 2.22. The SMILES string of the molecule is O=C(Nc1ccc(SC2CCCC2)cc1)C1CCNC1. The van der Waals surface area contributed by atoms with Crippen LogP contribution in [0.5, 0.6) is 0 Å². The predicted molar refractivity (Wildman–Crippen MR) is 84.2 cm³/mol. The predicted octanol–water partition coefficient (Wildman–Crippen LogP) is 3.27. The minimum Gasteiger partial charge on any atom is -0.326 e. The largest absolute Gasteiger partial charge is 0.326 e. The Morgan fingerprint density at radius 1 is 1.15 bits per heavy atom. The van der Waals surface area contributed by atoms with Gasteiger partial charge in [-0.2, -0.15) is 0 Å². The molecule has 1 heterocycles. The molecule has 4 heteroatoms. The number of benzene rings is 1. The van der Waals surface area contributed by atoms with Gasteiger partial charge in [-0.05, 0) is 50.1 Å². The van der Waals surface area contributed by atoms with Gasteiger partial charge in [0.1, 0.15) is 0 Å². The molecule has 1 atom stereocenters. The van der Waals surface area contributed by atoms with Gasteiger partial charge in [0.2, 0.25) is 5.91 Å². The fourth-order valence-corrected chi connectivity index (χ4v) is 4.19. The number of hydrogen-bond donors (Lipinski definition) is 2. The molecule has 1 unspecified atom stereocenters. The summed E-state index contributed by atoms with van der Waals surface area (Å²) in [5.74, 6) is 0.272. The van der Waals surface area contributed by atoms with E-state index in [2.05, 4.69) is 22.8 Å². The second kappa shape index (κ2) is 6.64. The number of carbonyl (C=O) groups is 1. The Labute approximate surface area is 124 Å². The Morgan fingerprint density at radius 3 is 2.55 bits per heavy atom. The Balaban J connectivity index is 1.53. The Hall–Kier alpha value is -1.00. The molecule has 0 aromatic heterocycles. The van der Waals surface area contributed by atoms with Crippen molar-refractivity contribution in [3.05, 3.63) is 24.3 Å². The van der Waals surface area contributed by atoms with Crippen LogP contribution in [0.1, 0.15) is 32.1 Å². The van der Waals surface area contributed by atoms with Gasteiger partial charge in [0, 0.05) is 22.4 Å². The molecule has 2 N–H and O–H groups in total. The van der Waals surface area contributed by atoms with Crippen LogP contribution in [-0.2, 0) is 4.79 Å². The van der Waals surface area contributed by atoms with Crippen LogP contribution in [0.15, 0.2) is 29.2 Å². The highest BCUT2D eigenvalue weighted by atomic mass is 32.2. The van der Waals surface area contributed by atoms with Crippen LogP contribution in [0.25, 0.3) is 0 Å². The summed E-state index contributed by atoms with van der Waals surface area (Å²) in [6.07, 6.45) is 6.39. The fraction of sp³-hybridized carbons (Fsp3) is 0.562. The van der Waals surface area contributed by atoms with Gasteiger partial charge < -0.3 is 10.6 Å². The van der Waals surface area contributed by atoms with Crippen LogP contribution in [0.3, 0.4) is 0 Å². The lowest BCUT2D eigenvalue weighted by Crippen LogP contribution is -2.24. The van der Waals surface area contributed by atoms with Crippen molar-refractivity contribution in [3.8, 4) is 0 Å². The molecule has 3 nitrogen and oxygen atoms in total. The maximum atomic E-state index is 12.0. The second-order valence-electron chi connectivity index (χ2n) is 5.73. The number of nitrogens with one attached hydrogen (secondary N) is 2. The van der Waals surface area contributed by atoms with Gasteiger partial charge in [-0.1, -0.05) is 12.8 Å². The van der Waals surface area contributed by atoms with Gasteiger partial charge in [0.15, 0.2) is 0 Å². The van der Waals surface area contributed by atoms with Crippen LogP contribution in [0, 0.1) is 5.92 Å². The van der Waals surface area contributed by atoms with Crippen molar-refractivity contribution in [2.75, 3.05) is 18.4 Å². The smallest absolute Gasteiger partial charge is 0.228 e. The highest BCUT2D eigenvalue weighted by Crippen LogP contribution is 2.34. The first-order chi connectivity index (χ1) is 9.81. The lowest BCUT2D eigenvalue weighted by Gasteiger charge is -2.11. The highest BCUT2D eigenvalue weighted by molar-refractivity contribution is 8.00. The van der Waals surface area contributed by atoms with Crippen LogP contribution >= 0.6 is 11.8 Å². The maximum absolute atomic E-state index is 12.0. The molecule has 1 aromatic rings. The van der Waals surface area contributed by atoms with Crippen LogP contribution < -0.4 is 10.6 Å². The molecule has 0 radical (unpaired) electrons. The third-order valence-electron chi connectivity index (χ3n) is 4.16. The van der Waals surface area contributed by atoms with Gasteiger partial charge in [-0.15, -0.1) is 11.8 Å². The molecule has 0 spiro atoms. The summed E-state index contributed by atoms with van der Waals surface area (Å²) < 4.78 is 0. The summed E-state index contributed by atoms with van der Waals surface area (Å²) in [5, 5.41) is 7.03. The number of rotatable bonds is 4. The molecule has 1 aliphatic carbocycles. The molecule has 3 rings (SSSR count). The van der Waals surface area contributed by atoms with E-state index in [1.54, 1.807) is 0 Å². The lowest BCUT2D eigenvalue weighted by molar-refractivity contribution is -0.119. The molecule has 20 heavy (non-hydrogen) atoms. The zero-order valence-corrected chi connectivity index (χ0v) is 12.5. The summed E-state index contributed by atoms with van der Waals surface area (Å²) in [5.41, 5.74) is 0.915. The Kier molecular flexibility index (Phi) is 4.63. The molecule has 1 amide bonds. The molecular formula is C16H22N2OS. The number of amides is 1. The topological polar surface area (TPSA) is 41.1 Å². The first-order valence-electron chi connectivity index (χ1n) is 7.59. The Bertz CT molecular complexity index is 448. The molecule has 2 fully saturated rings. The van der Waals surface area contributed by atoms with E-state index in [4.69, 9.17) is 0 Å². The summed E-state index contributed by atoms with van der Waals surface area (Å²) in [6.45, 7) is 1.76. The third kappa shape index (κ3) is 3.55. The van der Waals surface area contributed by atoms with Crippen molar-refractivity contribution in [1.29, 1.82) is 0 Å². The molecule has 108 valence electrons. The van der Waals surface area contributed by atoms with E-state index >= 15 is 0 Å². The molecular weight excluding hydrogens is 268 g/mol. The minimum absolute atomic E-state index is 0.127. The van der Waals surface area contributed by atoms with Crippen LogP contribution in [0.4, 0.5) is 5.69 Å². The zero-order valence-electron chi connectivity index (χ0n) is 11.7. The quantitative estimate of drug-likeness (QED) is 0.894. The molecule has 1 saturated carbocycles. The molecule has 1 aromatic carbocycles. The van der Waals surface area contributed by atoms with Gasteiger partial charge in [0.05, 0.1) is 5.92 Å². The lowest BCUT2D eigenvalue weighted by atomic mass is 10.1. The van der Waals surface area contributed by atoms with Gasteiger partial charge >= 0.3 is 0 Å². The maximum Gasteiger partial charge on any atom is 0.228 e. The van der Waals surface area contributed by atoms with Gasteiger partial charge in [0.25, 0.3) is 0 Å². The van der Waals surface area contributed by atoms with Crippen LogP contribution in [0.2, 0.25) is 0 Å². The van der Waals surface area contributed by atoms with E-state index in [0.717, 1.165) is 30.4 Å². The first-order valence-corrected chi connectivity index (χ1v) is 8.47. The van der Waals surface area contributed by atoms with Crippen molar-refractivity contribution in [1.82, 2.24) is 5.32 Å². The minimum atomic E-state index is 0.127. The van der Waals surface area contributed by atoms with Crippen molar-refractivity contribution < 1.29 is 4.79 Å². The Morgan fingerprint density at radius 2 is 1.90 bits per heavy atom. The molecule has 1 aliphatic heterocycles. The average Bonchev–Trinajstić information content (AvgIpc) is 3.13. The van der Waals surface area contributed by atoms with E-state index in [9.17, 15) is 4.79 Å². The normalized spacial score (nSPS) is 23.1. The molecule has 2 aliphatic rings. The number of thioether (sulfide) groups is 1. The number of carbonyl (C=O) groups excluding carboxylic acids is 1. The summed E-state index contributed by atoms with van der Waals surface area (Å²) in [4.78, 5) is 13.3. The van der Waals surface area contributed by atoms with E-state index in [1.807, 2.05) is 23.9 Å². The zero-order chi connectivity index (χ0) is 13.8. The first kappa shape index (κ1) is 14.0. The van der Waals surface area contributed by atoms with Crippen molar-refractivity contribution in [2.45, 2.75) is 42.2 Å². The van der Waals surface area contributed by atoms with Crippen molar-refractivity contribution >= 4 is 23.4 Å². The summed E-state index contributed by atoms with van der Waals surface area (Å²) >= 11 is 1.98. The number of anilines is 1. The molecule has 1 saturated heterocycles. The summed E-state index contributed by atoms with van der Waals surface area (Å²) in [6, 6.07) is 8.31. The monoisotopic (exact) mass is 290 g/mol.